The normalized spacial score (nSPS) is 17.0. The van der Waals surface area contributed by atoms with Crippen molar-refractivity contribution in [2.24, 2.45) is 5.73 Å². The van der Waals surface area contributed by atoms with Gasteiger partial charge in [0, 0.05) is 23.6 Å². The molecule has 0 unspecified atom stereocenters. The lowest BCUT2D eigenvalue weighted by atomic mass is 10.1. The molecule has 3 aromatic rings. The Hall–Kier alpha value is -3.19. The van der Waals surface area contributed by atoms with Crippen molar-refractivity contribution < 1.29 is 18.7 Å². The molecule has 0 radical (unpaired) electrons. The molecule has 2 amide bonds. The Morgan fingerprint density at radius 3 is 2.64 bits per heavy atom. The first-order chi connectivity index (χ1) is 13.5. The molecular weight excluding hydrogens is 361 g/mol. The van der Waals surface area contributed by atoms with Crippen LogP contribution in [0.5, 0.6) is 0 Å². The van der Waals surface area contributed by atoms with Gasteiger partial charge in [-0.05, 0) is 23.8 Å². The maximum atomic E-state index is 13.1. The third-order valence-electron chi connectivity index (χ3n) is 5.02. The topological polar surface area (TPSA) is 77.6 Å². The summed E-state index contributed by atoms with van der Waals surface area (Å²) in [4.78, 5) is 26.3. The lowest BCUT2D eigenvalue weighted by Crippen LogP contribution is -2.43. The van der Waals surface area contributed by atoms with E-state index >= 15 is 0 Å². The van der Waals surface area contributed by atoms with Crippen LogP contribution in [0.3, 0.4) is 0 Å². The summed E-state index contributed by atoms with van der Waals surface area (Å²) in [6.07, 6.45) is 1.34. The number of nitrogens with zero attached hydrogens (tertiary/aromatic N) is 2. The molecule has 0 spiro atoms. The number of rotatable bonds is 4. The van der Waals surface area contributed by atoms with E-state index in [4.69, 9.17) is 10.5 Å². The van der Waals surface area contributed by atoms with Gasteiger partial charge in [0.05, 0.1) is 18.7 Å². The van der Waals surface area contributed by atoms with Crippen molar-refractivity contribution in [2.45, 2.75) is 12.6 Å². The van der Waals surface area contributed by atoms with Gasteiger partial charge in [0.15, 0.2) is 0 Å². The molecule has 6 nitrogen and oxygen atoms in total. The van der Waals surface area contributed by atoms with Gasteiger partial charge in [-0.25, -0.2) is 4.39 Å². The number of morpholine rings is 1. The Bertz CT molecular complexity index is 1030. The summed E-state index contributed by atoms with van der Waals surface area (Å²) in [5.74, 6) is -0.908. The Labute approximate surface area is 161 Å². The number of amides is 2. The minimum atomic E-state index is -0.523. The third kappa shape index (κ3) is 3.48. The molecule has 1 fully saturated rings. The molecule has 0 aliphatic carbocycles. The molecule has 1 aliphatic rings. The maximum absolute atomic E-state index is 13.1. The summed E-state index contributed by atoms with van der Waals surface area (Å²) < 4.78 is 20.7. The van der Waals surface area contributed by atoms with Crippen LogP contribution in [0.25, 0.3) is 10.9 Å². The highest BCUT2D eigenvalue weighted by molar-refractivity contribution is 6.06. The average Bonchev–Trinajstić information content (AvgIpc) is 3.07. The molecule has 2 aromatic carbocycles. The van der Waals surface area contributed by atoms with Gasteiger partial charge in [-0.2, -0.15) is 0 Å². The summed E-state index contributed by atoms with van der Waals surface area (Å²) in [6.45, 7) is 1.39. The van der Waals surface area contributed by atoms with Crippen LogP contribution in [0.15, 0.2) is 54.7 Å². The van der Waals surface area contributed by atoms with Crippen LogP contribution < -0.4 is 5.73 Å². The van der Waals surface area contributed by atoms with Gasteiger partial charge in [0.1, 0.15) is 18.5 Å². The Balaban J connectivity index is 1.53. The molecule has 2 heterocycles. The van der Waals surface area contributed by atoms with E-state index in [1.807, 2.05) is 24.3 Å². The van der Waals surface area contributed by atoms with Crippen LogP contribution in [-0.4, -0.2) is 41.0 Å². The molecule has 0 bridgehead atoms. The molecule has 1 saturated heterocycles. The molecule has 4 rings (SSSR count). The quantitative estimate of drug-likeness (QED) is 0.754. The molecule has 1 aliphatic heterocycles. The van der Waals surface area contributed by atoms with E-state index in [-0.39, 0.29) is 24.4 Å². The van der Waals surface area contributed by atoms with E-state index in [1.165, 1.54) is 12.1 Å². The monoisotopic (exact) mass is 381 g/mol. The molecule has 144 valence electrons. The second-order valence-electron chi connectivity index (χ2n) is 6.80. The fourth-order valence-corrected chi connectivity index (χ4v) is 3.57. The zero-order chi connectivity index (χ0) is 19.7. The Morgan fingerprint density at radius 1 is 1.14 bits per heavy atom. The van der Waals surface area contributed by atoms with Gasteiger partial charge in [-0.15, -0.1) is 0 Å². The zero-order valence-electron chi connectivity index (χ0n) is 15.2. The van der Waals surface area contributed by atoms with Crippen LogP contribution in [-0.2, 0) is 16.1 Å². The van der Waals surface area contributed by atoms with Gasteiger partial charge >= 0.3 is 0 Å². The van der Waals surface area contributed by atoms with Crippen molar-refractivity contribution in [2.75, 3.05) is 19.7 Å². The first-order valence-electron chi connectivity index (χ1n) is 9.05. The molecule has 2 N–H and O–H groups in total. The number of carbonyl (C=O) groups is 2. The van der Waals surface area contributed by atoms with E-state index in [0.29, 0.717) is 25.3 Å². The fourth-order valence-electron chi connectivity index (χ4n) is 3.57. The van der Waals surface area contributed by atoms with E-state index < -0.39 is 5.91 Å². The molecule has 28 heavy (non-hydrogen) atoms. The standard InChI is InChI=1S/C21H20FN3O3/c22-15-7-5-14(6-8-15)19-12-24(9-10-28-19)20(26)13-25-11-17(21(23)27)16-3-1-2-4-18(16)25/h1-8,11,19H,9-10,12-13H2,(H2,23,27)/t19-/m1/s1. The first kappa shape index (κ1) is 18.2. The smallest absolute Gasteiger partial charge is 0.250 e. The molecular formula is C21H20FN3O3. The summed E-state index contributed by atoms with van der Waals surface area (Å²) in [5.41, 5.74) is 7.49. The SMILES string of the molecule is NC(=O)c1cn(CC(=O)N2CCO[C@@H](c3ccc(F)cc3)C2)c2ccccc12. The number of primary amides is 1. The number of carbonyl (C=O) groups excluding carboxylic acids is 2. The highest BCUT2D eigenvalue weighted by atomic mass is 19.1. The van der Waals surface area contributed by atoms with Crippen molar-refractivity contribution in [3.05, 3.63) is 71.7 Å². The number of hydrogen-bond acceptors (Lipinski definition) is 3. The van der Waals surface area contributed by atoms with Gasteiger partial charge in [0.25, 0.3) is 5.91 Å². The lowest BCUT2D eigenvalue weighted by Gasteiger charge is -2.33. The number of nitrogens with two attached hydrogens (primary N) is 1. The number of aromatic nitrogens is 1. The van der Waals surface area contributed by atoms with Crippen molar-refractivity contribution >= 4 is 22.7 Å². The molecule has 1 aromatic heterocycles. The van der Waals surface area contributed by atoms with Gasteiger partial charge in [-0.3, -0.25) is 9.59 Å². The predicted molar refractivity (Wildman–Crippen MR) is 102 cm³/mol. The molecule has 7 heteroatoms. The largest absolute Gasteiger partial charge is 0.370 e. The number of fused-ring (bicyclic) bond motifs is 1. The minimum absolute atomic E-state index is 0.0767. The predicted octanol–water partition coefficient (Wildman–Crippen LogP) is 2.48. The van der Waals surface area contributed by atoms with Gasteiger partial charge < -0.3 is 19.9 Å². The minimum Gasteiger partial charge on any atom is -0.370 e. The summed E-state index contributed by atoms with van der Waals surface area (Å²) in [7, 11) is 0. The van der Waals surface area contributed by atoms with Crippen LogP contribution in [0.2, 0.25) is 0 Å². The van der Waals surface area contributed by atoms with Crippen LogP contribution in [0, 0.1) is 5.82 Å². The third-order valence-corrected chi connectivity index (χ3v) is 5.02. The summed E-state index contributed by atoms with van der Waals surface area (Å²) in [6, 6.07) is 13.5. The second-order valence-corrected chi connectivity index (χ2v) is 6.80. The van der Waals surface area contributed by atoms with Crippen molar-refractivity contribution in [3.8, 4) is 0 Å². The highest BCUT2D eigenvalue weighted by Gasteiger charge is 2.26. The second kappa shape index (κ2) is 7.44. The Kier molecular flexibility index (Phi) is 4.83. The number of hydrogen-bond donors (Lipinski definition) is 1. The van der Waals surface area contributed by atoms with E-state index in [2.05, 4.69) is 0 Å². The van der Waals surface area contributed by atoms with Crippen molar-refractivity contribution in [3.63, 3.8) is 0 Å². The molecule has 1 atom stereocenters. The van der Waals surface area contributed by atoms with Crippen LogP contribution in [0.4, 0.5) is 4.39 Å². The van der Waals surface area contributed by atoms with E-state index in [1.54, 1.807) is 27.8 Å². The van der Waals surface area contributed by atoms with E-state index in [0.717, 1.165) is 16.5 Å². The van der Waals surface area contributed by atoms with Gasteiger partial charge in [0.2, 0.25) is 5.91 Å². The van der Waals surface area contributed by atoms with E-state index in [9.17, 15) is 14.0 Å². The Morgan fingerprint density at radius 2 is 1.89 bits per heavy atom. The zero-order valence-corrected chi connectivity index (χ0v) is 15.2. The number of para-hydroxylation sites is 1. The van der Waals surface area contributed by atoms with Crippen LogP contribution in [0.1, 0.15) is 22.0 Å². The lowest BCUT2D eigenvalue weighted by molar-refractivity contribution is -0.139. The fraction of sp³-hybridized carbons (Fsp3) is 0.238. The number of ether oxygens (including phenoxy) is 1. The summed E-state index contributed by atoms with van der Waals surface area (Å²) >= 11 is 0. The number of halogens is 1. The first-order valence-corrected chi connectivity index (χ1v) is 9.05. The number of benzene rings is 2. The summed E-state index contributed by atoms with van der Waals surface area (Å²) in [5, 5.41) is 0.731. The van der Waals surface area contributed by atoms with Crippen molar-refractivity contribution in [1.82, 2.24) is 9.47 Å². The maximum Gasteiger partial charge on any atom is 0.250 e. The van der Waals surface area contributed by atoms with Crippen LogP contribution >= 0.6 is 0 Å². The highest BCUT2D eigenvalue weighted by Crippen LogP contribution is 2.24. The van der Waals surface area contributed by atoms with Gasteiger partial charge in [-0.1, -0.05) is 30.3 Å². The van der Waals surface area contributed by atoms with Crippen molar-refractivity contribution in [1.29, 1.82) is 0 Å². The molecule has 0 saturated carbocycles. The average molecular weight is 381 g/mol.